The maximum atomic E-state index is 13.4. The quantitative estimate of drug-likeness (QED) is 0.780. The monoisotopic (exact) mass is 430 g/mol. The molecule has 0 radical (unpaired) electrons. The Kier molecular flexibility index (Phi) is 5.75. The highest BCUT2D eigenvalue weighted by Gasteiger charge is 2.50. The second-order valence-electron chi connectivity index (χ2n) is 8.00. The SMILES string of the molecule is COc1ccc(N2CC3(CCCCC3)N(CC(=O)Nc3cc(F)cc(F)c3)C2=O)cn1. The Morgan fingerprint density at radius 1 is 1.16 bits per heavy atom. The van der Waals surface area contributed by atoms with Crippen molar-refractivity contribution in [1.82, 2.24) is 9.88 Å². The van der Waals surface area contributed by atoms with E-state index in [4.69, 9.17) is 4.74 Å². The largest absolute Gasteiger partial charge is 0.481 e. The van der Waals surface area contributed by atoms with Gasteiger partial charge in [0.25, 0.3) is 0 Å². The molecule has 2 aliphatic rings. The lowest BCUT2D eigenvalue weighted by molar-refractivity contribution is -0.117. The van der Waals surface area contributed by atoms with Gasteiger partial charge in [0, 0.05) is 17.8 Å². The first-order valence-corrected chi connectivity index (χ1v) is 10.3. The van der Waals surface area contributed by atoms with Gasteiger partial charge in [-0.3, -0.25) is 9.69 Å². The maximum Gasteiger partial charge on any atom is 0.325 e. The van der Waals surface area contributed by atoms with Gasteiger partial charge in [-0.2, -0.15) is 0 Å². The van der Waals surface area contributed by atoms with E-state index in [2.05, 4.69) is 10.3 Å². The first kappa shape index (κ1) is 21.0. The summed E-state index contributed by atoms with van der Waals surface area (Å²) in [6.07, 6.45) is 6.18. The highest BCUT2D eigenvalue weighted by atomic mass is 19.1. The standard InChI is InChI=1S/C22H24F2N4O3/c1-31-20-6-5-18(12-25-20)27-14-22(7-3-2-4-8-22)28(21(27)30)13-19(29)26-17-10-15(23)9-16(24)11-17/h5-6,9-12H,2-4,7-8,13-14H2,1H3,(H,26,29). The lowest BCUT2D eigenvalue weighted by atomic mass is 9.81. The zero-order valence-corrected chi connectivity index (χ0v) is 17.2. The van der Waals surface area contributed by atoms with Crippen molar-refractivity contribution in [2.24, 2.45) is 0 Å². The van der Waals surface area contributed by atoms with Crippen LogP contribution >= 0.6 is 0 Å². The van der Waals surface area contributed by atoms with Gasteiger partial charge in [-0.1, -0.05) is 19.3 Å². The van der Waals surface area contributed by atoms with E-state index in [1.807, 2.05) is 0 Å². The summed E-state index contributed by atoms with van der Waals surface area (Å²) in [6, 6.07) is 5.98. The molecule has 1 N–H and O–H groups in total. The Hall–Kier alpha value is -3.23. The van der Waals surface area contributed by atoms with Crippen molar-refractivity contribution in [1.29, 1.82) is 0 Å². The van der Waals surface area contributed by atoms with Crippen molar-refractivity contribution in [3.05, 3.63) is 48.2 Å². The van der Waals surface area contributed by atoms with Gasteiger partial charge in [-0.05, 0) is 31.0 Å². The molecule has 164 valence electrons. The lowest BCUT2D eigenvalue weighted by Crippen LogP contribution is -2.51. The number of methoxy groups -OCH3 is 1. The lowest BCUT2D eigenvalue weighted by Gasteiger charge is -2.39. The van der Waals surface area contributed by atoms with Crippen molar-refractivity contribution < 1.29 is 23.1 Å². The predicted molar refractivity (Wildman–Crippen MR) is 111 cm³/mol. The number of anilines is 2. The van der Waals surface area contributed by atoms with Gasteiger partial charge in [-0.25, -0.2) is 18.6 Å². The summed E-state index contributed by atoms with van der Waals surface area (Å²) in [6.45, 7) is 0.263. The first-order valence-electron chi connectivity index (χ1n) is 10.3. The smallest absolute Gasteiger partial charge is 0.325 e. The molecule has 1 spiro atoms. The number of rotatable bonds is 5. The highest BCUT2D eigenvalue weighted by Crippen LogP contribution is 2.41. The van der Waals surface area contributed by atoms with E-state index in [1.165, 1.54) is 7.11 Å². The fraction of sp³-hybridized carbons (Fsp3) is 0.409. The van der Waals surface area contributed by atoms with Crippen LogP contribution in [0.25, 0.3) is 0 Å². The van der Waals surface area contributed by atoms with E-state index in [1.54, 1.807) is 28.1 Å². The van der Waals surface area contributed by atoms with Gasteiger partial charge < -0.3 is 15.0 Å². The van der Waals surface area contributed by atoms with Gasteiger partial charge in [0.1, 0.15) is 18.2 Å². The van der Waals surface area contributed by atoms with Crippen molar-refractivity contribution in [3.8, 4) is 5.88 Å². The Balaban J connectivity index is 1.55. The maximum absolute atomic E-state index is 13.4. The van der Waals surface area contributed by atoms with Crippen LogP contribution in [0, 0.1) is 11.6 Å². The molecule has 0 atom stereocenters. The minimum Gasteiger partial charge on any atom is -0.481 e. The predicted octanol–water partition coefficient (Wildman–Crippen LogP) is 3.95. The number of aromatic nitrogens is 1. The molecule has 31 heavy (non-hydrogen) atoms. The van der Waals surface area contributed by atoms with Crippen LogP contribution in [0.5, 0.6) is 5.88 Å². The second-order valence-corrected chi connectivity index (χ2v) is 8.00. The van der Waals surface area contributed by atoms with Gasteiger partial charge in [0.2, 0.25) is 11.8 Å². The average molecular weight is 430 g/mol. The van der Waals surface area contributed by atoms with Crippen LogP contribution in [0.1, 0.15) is 32.1 Å². The third-order valence-corrected chi connectivity index (χ3v) is 5.96. The molecule has 2 aromatic rings. The van der Waals surface area contributed by atoms with E-state index >= 15 is 0 Å². The van der Waals surface area contributed by atoms with Crippen LogP contribution in [-0.2, 0) is 4.79 Å². The number of urea groups is 1. The number of carbonyl (C=O) groups excluding carboxylic acids is 2. The molecular weight excluding hydrogens is 406 g/mol. The van der Waals surface area contributed by atoms with Gasteiger partial charge in [-0.15, -0.1) is 0 Å². The Labute approximate surface area is 179 Å². The topological polar surface area (TPSA) is 74.8 Å². The summed E-state index contributed by atoms with van der Waals surface area (Å²) in [5.41, 5.74) is 0.189. The number of nitrogens with zero attached hydrogens (tertiary/aromatic N) is 3. The summed E-state index contributed by atoms with van der Waals surface area (Å²) >= 11 is 0. The van der Waals surface area contributed by atoms with Crippen LogP contribution in [-0.4, -0.2) is 47.6 Å². The molecule has 1 aromatic carbocycles. The highest BCUT2D eigenvalue weighted by molar-refractivity contribution is 6.00. The molecule has 1 saturated heterocycles. The third-order valence-electron chi connectivity index (χ3n) is 5.96. The number of hydrogen-bond donors (Lipinski definition) is 1. The minimum absolute atomic E-state index is 0.0167. The van der Waals surface area contributed by atoms with E-state index < -0.39 is 23.1 Å². The van der Waals surface area contributed by atoms with Gasteiger partial charge in [0.15, 0.2) is 0 Å². The summed E-state index contributed by atoms with van der Waals surface area (Å²) in [5.74, 6) is -1.62. The van der Waals surface area contributed by atoms with Crippen LogP contribution in [0.3, 0.4) is 0 Å². The first-order chi connectivity index (χ1) is 14.9. The van der Waals surface area contributed by atoms with Crippen LogP contribution in [0.15, 0.2) is 36.5 Å². The third kappa shape index (κ3) is 4.30. The number of amides is 3. The Morgan fingerprint density at radius 3 is 2.48 bits per heavy atom. The molecule has 0 bridgehead atoms. The van der Waals surface area contributed by atoms with Crippen molar-refractivity contribution in [3.63, 3.8) is 0 Å². The van der Waals surface area contributed by atoms with E-state index in [0.717, 1.165) is 50.3 Å². The number of halogens is 2. The summed E-state index contributed by atoms with van der Waals surface area (Å²) in [5, 5.41) is 2.50. The molecule has 2 fully saturated rings. The molecule has 1 aliphatic carbocycles. The number of nitrogens with one attached hydrogen (secondary N) is 1. The van der Waals surface area contributed by atoms with E-state index in [0.29, 0.717) is 18.1 Å². The molecule has 9 heteroatoms. The van der Waals surface area contributed by atoms with Crippen molar-refractivity contribution in [2.75, 3.05) is 30.4 Å². The summed E-state index contributed by atoms with van der Waals surface area (Å²) < 4.78 is 32.0. The van der Waals surface area contributed by atoms with Crippen molar-refractivity contribution >= 4 is 23.3 Å². The average Bonchev–Trinajstić information content (AvgIpc) is 2.99. The zero-order valence-electron chi connectivity index (χ0n) is 17.2. The molecular formula is C22H24F2N4O3. The molecule has 1 aliphatic heterocycles. The molecule has 1 saturated carbocycles. The zero-order chi connectivity index (χ0) is 22.0. The fourth-order valence-corrected chi connectivity index (χ4v) is 4.49. The van der Waals surface area contributed by atoms with Crippen LogP contribution in [0.2, 0.25) is 0 Å². The molecule has 0 unspecified atom stereocenters. The molecule has 2 heterocycles. The Bertz CT molecular complexity index is 957. The molecule has 7 nitrogen and oxygen atoms in total. The summed E-state index contributed by atoms with van der Waals surface area (Å²) in [4.78, 5) is 33.4. The number of hydrogen-bond acceptors (Lipinski definition) is 4. The Morgan fingerprint density at radius 2 is 1.87 bits per heavy atom. The fourth-order valence-electron chi connectivity index (χ4n) is 4.49. The minimum atomic E-state index is -0.783. The van der Waals surface area contributed by atoms with Gasteiger partial charge >= 0.3 is 6.03 Å². The number of carbonyl (C=O) groups is 2. The number of benzene rings is 1. The van der Waals surface area contributed by atoms with Crippen LogP contribution < -0.4 is 15.0 Å². The molecule has 1 aromatic heterocycles. The van der Waals surface area contributed by atoms with E-state index in [-0.39, 0.29) is 18.3 Å². The normalized spacial score (nSPS) is 17.8. The summed E-state index contributed by atoms with van der Waals surface area (Å²) in [7, 11) is 1.52. The number of pyridine rings is 1. The number of ether oxygens (including phenoxy) is 1. The molecule has 4 rings (SSSR count). The van der Waals surface area contributed by atoms with E-state index in [9.17, 15) is 18.4 Å². The van der Waals surface area contributed by atoms with Crippen molar-refractivity contribution in [2.45, 2.75) is 37.6 Å². The van der Waals surface area contributed by atoms with Crippen LogP contribution in [0.4, 0.5) is 25.0 Å². The second kappa shape index (κ2) is 8.49. The molecule has 3 amide bonds. The van der Waals surface area contributed by atoms with Gasteiger partial charge in [0.05, 0.1) is 31.1 Å².